The van der Waals surface area contributed by atoms with Crippen LogP contribution in [-0.2, 0) is 9.47 Å². The van der Waals surface area contributed by atoms with E-state index in [0.29, 0.717) is 47.3 Å². The Kier molecular flexibility index (Phi) is 7.86. The highest BCUT2D eigenvalue weighted by atomic mass is 32.2. The number of fused-ring (bicyclic) bond motifs is 1. The van der Waals surface area contributed by atoms with E-state index in [0.717, 1.165) is 24.7 Å². The van der Waals surface area contributed by atoms with Crippen LogP contribution >= 0.6 is 11.8 Å². The number of anilines is 1. The Balaban J connectivity index is 1.41. The number of thioether (sulfide) groups is 1. The Morgan fingerprint density at radius 3 is 2.73 bits per heavy atom. The summed E-state index contributed by atoms with van der Waals surface area (Å²) in [7, 11) is 1.56. The normalized spacial score (nSPS) is 27.2. The first-order chi connectivity index (χ1) is 17.9. The second-order valence-corrected chi connectivity index (χ2v) is 10.4. The van der Waals surface area contributed by atoms with Crippen LogP contribution in [0.25, 0.3) is 11.2 Å². The molecular formula is C24H30F2N6O4S. The predicted octanol–water partition coefficient (Wildman–Crippen LogP) is 2.67. The molecule has 37 heavy (non-hydrogen) atoms. The van der Waals surface area contributed by atoms with Crippen LogP contribution in [0.15, 0.2) is 23.4 Å². The summed E-state index contributed by atoms with van der Waals surface area (Å²) in [5, 5.41) is 33.8. The van der Waals surface area contributed by atoms with Crippen LogP contribution in [0.4, 0.5) is 14.6 Å². The molecule has 5 rings (SSSR count). The molecule has 0 amide bonds. The van der Waals surface area contributed by atoms with Gasteiger partial charge in [0.2, 0.25) is 0 Å². The number of benzene rings is 1. The van der Waals surface area contributed by atoms with Gasteiger partial charge in [-0.05, 0) is 30.5 Å². The lowest BCUT2D eigenvalue weighted by Gasteiger charge is -2.17. The molecule has 200 valence electrons. The standard InChI is InChI=1S/C24H30F2N6O4S/c1-3-8-37-24-28-22(27-16-10-13(16)12-4-5-14(25)15(26)9-12)19-23(29-24)32(31-30-19)17-11-18(21(34)20(17)33)36-7-6-35-2/h4-5,9,13,16-18,20-21,33-34H,3,6-8,10-11H2,1-2H3,(H,27,28,29)/t13-,16+,17+,18-,20-,21+/m0/s1. The third kappa shape index (κ3) is 5.41. The molecule has 2 aromatic heterocycles. The zero-order valence-corrected chi connectivity index (χ0v) is 21.4. The molecule has 2 aliphatic rings. The number of ether oxygens (including phenoxy) is 2. The van der Waals surface area contributed by atoms with E-state index in [1.807, 2.05) is 0 Å². The number of hydrogen-bond acceptors (Lipinski definition) is 10. The lowest BCUT2D eigenvalue weighted by Crippen LogP contribution is -2.33. The van der Waals surface area contributed by atoms with Crippen molar-refractivity contribution in [2.75, 3.05) is 31.4 Å². The van der Waals surface area contributed by atoms with Gasteiger partial charge in [-0.1, -0.05) is 30.0 Å². The van der Waals surface area contributed by atoms with Gasteiger partial charge in [-0.2, -0.15) is 0 Å². The van der Waals surface area contributed by atoms with E-state index in [1.54, 1.807) is 13.2 Å². The summed E-state index contributed by atoms with van der Waals surface area (Å²) in [6.45, 7) is 2.74. The topological polar surface area (TPSA) is 127 Å². The van der Waals surface area contributed by atoms with Crippen LogP contribution in [0.3, 0.4) is 0 Å². The maximum atomic E-state index is 13.7. The van der Waals surface area contributed by atoms with E-state index < -0.39 is 36.0 Å². The Hall–Kier alpha value is -2.45. The van der Waals surface area contributed by atoms with E-state index in [1.165, 1.54) is 22.5 Å². The van der Waals surface area contributed by atoms with Gasteiger partial charge in [0.05, 0.1) is 25.4 Å². The minimum absolute atomic E-state index is 0.0127. The molecule has 0 bridgehead atoms. The van der Waals surface area contributed by atoms with Crippen LogP contribution in [0.2, 0.25) is 0 Å². The van der Waals surface area contributed by atoms with E-state index in [2.05, 4.69) is 32.5 Å². The van der Waals surface area contributed by atoms with Crippen LogP contribution in [0, 0.1) is 11.6 Å². The monoisotopic (exact) mass is 536 g/mol. The summed E-state index contributed by atoms with van der Waals surface area (Å²) in [5.74, 6) is -0.417. The first-order valence-corrected chi connectivity index (χ1v) is 13.3. The average molecular weight is 537 g/mol. The van der Waals surface area contributed by atoms with Gasteiger partial charge in [-0.15, -0.1) is 5.10 Å². The second-order valence-electron chi connectivity index (χ2n) is 9.36. The van der Waals surface area contributed by atoms with Crippen LogP contribution in [-0.4, -0.2) is 85.6 Å². The third-order valence-electron chi connectivity index (χ3n) is 6.76. The maximum Gasteiger partial charge on any atom is 0.191 e. The van der Waals surface area contributed by atoms with Crippen LogP contribution in [0.5, 0.6) is 0 Å². The molecule has 2 fully saturated rings. The molecule has 13 heteroatoms. The number of hydrogen-bond donors (Lipinski definition) is 3. The van der Waals surface area contributed by atoms with Crippen molar-refractivity contribution in [3.05, 3.63) is 35.4 Å². The predicted molar refractivity (Wildman–Crippen MR) is 133 cm³/mol. The summed E-state index contributed by atoms with van der Waals surface area (Å²) < 4.78 is 39.3. The van der Waals surface area contributed by atoms with Gasteiger partial charge >= 0.3 is 0 Å². The number of nitrogens with one attached hydrogen (secondary N) is 1. The van der Waals surface area contributed by atoms with Gasteiger partial charge < -0.3 is 25.0 Å². The van der Waals surface area contributed by atoms with E-state index in [4.69, 9.17) is 9.47 Å². The summed E-state index contributed by atoms with van der Waals surface area (Å²) >= 11 is 1.49. The Labute approximate surface area is 216 Å². The van der Waals surface area contributed by atoms with E-state index >= 15 is 0 Å². The molecule has 0 spiro atoms. The highest BCUT2D eigenvalue weighted by Gasteiger charge is 2.45. The van der Waals surface area contributed by atoms with E-state index in [-0.39, 0.29) is 12.0 Å². The molecule has 2 heterocycles. The highest BCUT2D eigenvalue weighted by molar-refractivity contribution is 7.99. The molecule has 2 aliphatic carbocycles. The molecule has 0 radical (unpaired) electrons. The summed E-state index contributed by atoms with van der Waals surface area (Å²) in [6, 6.07) is 3.34. The molecule has 0 aliphatic heterocycles. The molecule has 0 unspecified atom stereocenters. The van der Waals surface area contributed by atoms with Crippen molar-refractivity contribution in [2.45, 2.75) is 67.7 Å². The number of aliphatic hydroxyl groups is 2. The fourth-order valence-electron chi connectivity index (χ4n) is 4.69. The molecule has 10 nitrogen and oxygen atoms in total. The van der Waals surface area contributed by atoms with Crippen molar-refractivity contribution >= 4 is 28.7 Å². The summed E-state index contributed by atoms with van der Waals surface area (Å²) in [4.78, 5) is 9.33. The van der Waals surface area contributed by atoms with Gasteiger partial charge in [-0.25, -0.2) is 23.4 Å². The van der Waals surface area contributed by atoms with Crippen molar-refractivity contribution in [1.82, 2.24) is 25.0 Å². The second kappa shape index (κ2) is 11.1. The molecule has 3 aromatic rings. The molecule has 1 aromatic carbocycles. The lowest BCUT2D eigenvalue weighted by atomic mass is 10.1. The number of aromatic nitrogens is 5. The Bertz CT molecular complexity index is 1250. The quantitative estimate of drug-likeness (QED) is 0.191. The number of nitrogens with zero attached hydrogens (tertiary/aromatic N) is 5. The fourth-order valence-corrected chi connectivity index (χ4v) is 5.39. The van der Waals surface area contributed by atoms with Crippen molar-refractivity contribution in [3.8, 4) is 0 Å². The number of aliphatic hydroxyl groups excluding tert-OH is 2. The first kappa shape index (κ1) is 26.2. The van der Waals surface area contributed by atoms with Crippen molar-refractivity contribution in [3.63, 3.8) is 0 Å². The molecule has 2 saturated carbocycles. The summed E-state index contributed by atoms with van der Waals surface area (Å²) in [6.07, 6.45) is -0.784. The molecule has 6 atom stereocenters. The number of halogens is 2. The number of methoxy groups -OCH3 is 1. The van der Waals surface area contributed by atoms with Gasteiger partial charge in [0.15, 0.2) is 33.8 Å². The van der Waals surface area contributed by atoms with Crippen molar-refractivity contribution in [1.29, 1.82) is 0 Å². The molecule has 0 saturated heterocycles. The maximum absolute atomic E-state index is 13.7. The van der Waals surface area contributed by atoms with Gasteiger partial charge in [0.25, 0.3) is 0 Å². The van der Waals surface area contributed by atoms with Gasteiger partial charge in [0.1, 0.15) is 12.2 Å². The summed E-state index contributed by atoms with van der Waals surface area (Å²) in [5.41, 5.74) is 1.59. The van der Waals surface area contributed by atoms with Gasteiger partial charge in [0, 0.05) is 31.2 Å². The van der Waals surface area contributed by atoms with Crippen LogP contribution in [0.1, 0.15) is 43.7 Å². The average Bonchev–Trinajstić information content (AvgIpc) is 3.43. The largest absolute Gasteiger partial charge is 0.388 e. The minimum Gasteiger partial charge on any atom is -0.388 e. The van der Waals surface area contributed by atoms with Crippen molar-refractivity contribution < 1.29 is 28.5 Å². The SMILES string of the molecule is CCCSc1nc(N[C@@H]2C[C@H]2c2ccc(F)c(F)c2)c2nnn([C@@H]3C[C@H](OCCOC)[C@@H](O)[C@H]3O)c2n1. The smallest absolute Gasteiger partial charge is 0.191 e. The van der Waals surface area contributed by atoms with Crippen molar-refractivity contribution in [2.24, 2.45) is 0 Å². The fraction of sp³-hybridized carbons (Fsp3) is 0.583. The Morgan fingerprint density at radius 1 is 1.14 bits per heavy atom. The zero-order valence-electron chi connectivity index (χ0n) is 20.5. The highest BCUT2D eigenvalue weighted by Crippen LogP contribution is 2.44. The van der Waals surface area contributed by atoms with Gasteiger partial charge in [-0.3, -0.25) is 0 Å². The zero-order chi connectivity index (χ0) is 26.1. The molecular weight excluding hydrogens is 506 g/mol. The minimum atomic E-state index is -1.11. The third-order valence-corrected chi connectivity index (χ3v) is 7.81. The lowest BCUT2D eigenvalue weighted by molar-refractivity contribution is -0.0656. The van der Waals surface area contributed by atoms with E-state index in [9.17, 15) is 19.0 Å². The Morgan fingerprint density at radius 2 is 1.97 bits per heavy atom. The number of rotatable bonds is 11. The first-order valence-electron chi connectivity index (χ1n) is 12.3. The molecule has 3 N–H and O–H groups in total. The van der Waals surface area contributed by atoms with Crippen LogP contribution < -0.4 is 5.32 Å².